The summed E-state index contributed by atoms with van der Waals surface area (Å²) in [6, 6.07) is 3.94. The minimum Gasteiger partial charge on any atom is -0.383 e. The van der Waals surface area contributed by atoms with Crippen molar-refractivity contribution in [3.8, 4) is 0 Å². The monoisotopic (exact) mass is 199 g/mol. The number of anilines is 1. The standard InChI is InChI=1S/C9H13N3.ClH/c10-8(6-3-4-6)7-2-1-5-12-9(7)11;/h1-2,5-6,8H,3-4,10H2,(H2,11,12);1H/t8-;/m0./s1. The SMILES string of the molecule is Cl.Nc1ncccc1[C@@H](N)C1CC1. The molecule has 0 saturated heterocycles. The van der Waals surface area contributed by atoms with Crippen LogP contribution < -0.4 is 11.5 Å². The highest BCUT2D eigenvalue weighted by atomic mass is 35.5. The molecule has 1 fully saturated rings. The molecule has 72 valence electrons. The number of hydrogen-bond acceptors (Lipinski definition) is 3. The quantitative estimate of drug-likeness (QED) is 0.759. The molecular weight excluding hydrogens is 186 g/mol. The van der Waals surface area contributed by atoms with Gasteiger partial charge in [0.25, 0.3) is 0 Å². The van der Waals surface area contributed by atoms with Crippen LogP contribution in [0.25, 0.3) is 0 Å². The third-order valence-corrected chi connectivity index (χ3v) is 2.36. The Kier molecular flexibility index (Phi) is 3.12. The molecular formula is C9H14ClN3. The van der Waals surface area contributed by atoms with Gasteiger partial charge in [-0.2, -0.15) is 0 Å². The Balaban J connectivity index is 0.000000845. The van der Waals surface area contributed by atoms with E-state index in [9.17, 15) is 0 Å². The lowest BCUT2D eigenvalue weighted by Gasteiger charge is -2.11. The third-order valence-electron chi connectivity index (χ3n) is 2.36. The summed E-state index contributed by atoms with van der Waals surface area (Å²) in [5.41, 5.74) is 12.7. The van der Waals surface area contributed by atoms with Crippen molar-refractivity contribution in [2.45, 2.75) is 18.9 Å². The fraction of sp³-hybridized carbons (Fsp3) is 0.444. The van der Waals surface area contributed by atoms with Crippen molar-refractivity contribution in [2.75, 3.05) is 5.73 Å². The van der Waals surface area contributed by atoms with Gasteiger partial charge < -0.3 is 11.5 Å². The van der Waals surface area contributed by atoms with E-state index in [0.717, 1.165) is 5.56 Å². The number of nitrogens with two attached hydrogens (primary N) is 2. The first-order valence-electron chi connectivity index (χ1n) is 4.25. The third kappa shape index (κ3) is 2.11. The van der Waals surface area contributed by atoms with Gasteiger partial charge in [-0.3, -0.25) is 0 Å². The molecule has 1 aromatic rings. The smallest absolute Gasteiger partial charge is 0.128 e. The van der Waals surface area contributed by atoms with Crippen LogP contribution in [0.2, 0.25) is 0 Å². The molecule has 4 heteroatoms. The fourth-order valence-electron chi connectivity index (χ4n) is 1.42. The molecule has 0 aliphatic heterocycles. The molecule has 1 aromatic heterocycles. The number of halogens is 1. The summed E-state index contributed by atoms with van der Waals surface area (Å²) in [6.07, 6.45) is 4.16. The lowest BCUT2D eigenvalue weighted by atomic mass is 10.0. The second kappa shape index (κ2) is 3.94. The maximum atomic E-state index is 5.98. The molecule has 3 nitrogen and oxygen atoms in total. The lowest BCUT2D eigenvalue weighted by Crippen LogP contribution is -2.14. The van der Waals surface area contributed by atoms with E-state index in [2.05, 4.69) is 4.98 Å². The van der Waals surface area contributed by atoms with Crippen LogP contribution in [-0.2, 0) is 0 Å². The molecule has 1 aliphatic carbocycles. The zero-order valence-electron chi connectivity index (χ0n) is 7.31. The van der Waals surface area contributed by atoms with Crippen LogP contribution in [0.5, 0.6) is 0 Å². The predicted octanol–water partition coefficient (Wildman–Crippen LogP) is 1.50. The molecule has 1 aliphatic rings. The van der Waals surface area contributed by atoms with Crippen molar-refractivity contribution < 1.29 is 0 Å². The summed E-state index contributed by atoms with van der Waals surface area (Å²) < 4.78 is 0. The Labute approximate surface area is 83.9 Å². The summed E-state index contributed by atoms with van der Waals surface area (Å²) in [4.78, 5) is 4.01. The highest BCUT2D eigenvalue weighted by Gasteiger charge is 2.30. The van der Waals surface area contributed by atoms with Crippen LogP contribution in [0.15, 0.2) is 18.3 Å². The van der Waals surface area contributed by atoms with Crippen molar-refractivity contribution in [3.63, 3.8) is 0 Å². The second-order valence-electron chi connectivity index (χ2n) is 3.34. The number of nitrogen functional groups attached to an aromatic ring is 1. The number of hydrogen-bond donors (Lipinski definition) is 2. The summed E-state index contributed by atoms with van der Waals surface area (Å²) in [5.74, 6) is 1.22. The fourth-order valence-corrected chi connectivity index (χ4v) is 1.42. The average Bonchev–Trinajstić information content (AvgIpc) is 2.86. The molecule has 0 unspecified atom stereocenters. The highest BCUT2D eigenvalue weighted by molar-refractivity contribution is 5.85. The van der Waals surface area contributed by atoms with E-state index in [-0.39, 0.29) is 18.4 Å². The number of nitrogens with zero attached hydrogens (tertiary/aromatic N) is 1. The van der Waals surface area contributed by atoms with Gasteiger partial charge in [0.05, 0.1) is 0 Å². The minimum atomic E-state index is 0. The van der Waals surface area contributed by atoms with Crippen LogP contribution in [0, 0.1) is 5.92 Å². The van der Waals surface area contributed by atoms with E-state index in [1.807, 2.05) is 12.1 Å². The molecule has 0 radical (unpaired) electrons. The van der Waals surface area contributed by atoms with Gasteiger partial charge in [0.1, 0.15) is 5.82 Å². The van der Waals surface area contributed by atoms with E-state index in [0.29, 0.717) is 11.7 Å². The molecule has 0 spiro atoms. The molecule has 4 N–H and O–H groups in total. The van der Waals surface area contributed by atoms with Crippen molar-refractivity contribution in [1.29, 1.82) is 0 Å². The Bertz CT molecular complexity index is 286. The number of pyridine rings is 1. The van der Waals surface area contributed by atoms with Gasteiger partial charge in [-0.1, -0.05) is 6.07 Å². The number of aromatic nitrogens is 1. The van der Waals surface area contributed by atoms with Gasteiger partial charge in [-0.05, 0) is 24.8 Å². The van der Waals surface area contributed by atoms with Crippen LogP contribution in [0.4, 0.5) is 5.82 Å². The van der Waals surface area contributed by atoms with E-state index >= 15 is 0 Å². The van der Waals surface area contributed by atoms with Crippen molar-refractivity contribution in [2.24, 2.45) is 11.7 Å². The van der Waals surface area contributed by atoms with Gasteiger partial charge in [0, 0.05) is 17.8 Å². The van der Waals surface area contributed by atoms with Gasteiger partial charge in [-0.15, -0.1) is 12.4 Å². The van der Waals surface area contributed by atoms with Crippen LogP contribution in [0.1, 0.15) is 24.4 Å². The van der Waals surface area contributed by atoms with Gasteiger partial charge in [-0.25, -0.2) is 4.98 Å². The Morgan fingerprint density at radius 3 is 2.69 bits per heavy atom. The number of rotatable bonds is 2. The van der Waals surface area contributed by atoms with Crippen molar-refractivity contribution in [3.05, 3.63) is 23.9 Å². The first-order chi connectivity index (χ1) is 5.79. The first kappa shape index (κ1) is 10.3. The Hall–Kier alpha value is -0.800. The molecule has 0 amide bonds. The van der Waals surface area contributed by atoms with E-state index in [4.69, 9.17) is 11.5 Å². The van der Waals surface area contributed by atoms with E-state index in [1.54, 1.807) is 6.20 Å². The molecule has 1 atom stereocenters. The van der Waals surface area contributed by atoms with Crippen molar-refractivity contribution >= 4 is 18.2 Å². The lowest BCUT2D eigenvalue weighted by molar-refractivity contribution is 0.633. The first-order valence-corrected chi connectivity index (χ1v) is 4.25. The summed E-state index contributed by atoms with van der Waals surface area (Å²) in [6.45, 7) is 0. The highest BCUT2D eigenvalue weighted by Crippen LogP contribution is 2.40. The zero-order chi connectivity index (χ0) is 8.55. The molecule has 2 rings (SSSR count). The maximum absolute atomic E-state index is 5.98. The Morgan fingerprint density at radius 2 is 2.15 bits per heavy atom. The van der Waals surface area contributed by atoms with Gasteiger partial charge >= 0.3 is 0 Å². The van der Waals surface area contributed by atoms with Crippen LogP contribution >= 0.6 is 12.4 Å². The van der Waals surface area contributed by atoms with Crippen LogP contribution in [0.3, 0.4) is 0 Å². The minimum absolute atomic E-state index is 0. The van der Waals surface area contributed by atoms with E-state index < -0.39 is 0 Å². The molecule has 1 saturated carbocycles. The normalized spacial score (nSPS) is 17.6. The average molecular weight is 200 g/mol. The predicted molar refractivity (Wildman–Crippen MR) is 55.5 cm³/mol. The molecule has 1 heterocycles. The molecule has 0 aromatic carbocycles. The van der Waals surface area contributed by atoms with Gasteiger partial charge in [0.15, 0.2) is 0 Å². The van der Waals surface area contributed by atoms with Crippen LogP contribution in [-0.4, -0.2) is 4.98 Å². The topological polar surface area (TPSA) is 64.9 Å². The zero-order valence-corrected chi connectivity index (χ0v) is 8.13. The Morgan fingerprint density at radius 1 is 1.46 bits per heavy atom. The summed E-state index contributed by atoms with van der Waals surface area (Å²) in [5, 5.41) is 0. The molecule has 13 heavy (non-hydrogen) atoms. The van der Waals surface area contributed by atoms with Crippen molar-refractivity contribution in [1.82, 2.24) is 4.98 Å². The molecule has 0 bridgehead atoms. The largest absolute Gasteiger partial charge is 0.383 e. The maximum Gasteiger partial charge on any atom is 0.128 e. The van der Waals surface area contributed by atoms with E-state index in [1.165, 1.54) is 12.8 Å². The second-order valence-corrected chi connectivity index (χ2v) is 3.34. The summed E-state index contributed by atoms with van der Waals surface area (Å²) in [7, 11) is 0. The summed E-state index contributed by atoms with van der Waals surface area (Å²) >= 11 is 0. The van der Waals surface area contributed by atoms with Gasteiger partial charge in [0.2, 0.25) is 0 Å².